The summed E-state index contributed by atoms with van der Waals surface area (Å²) in [4.78, 5) is 26.3. The predicted octanol–water partition coefficient (Wildman–Crippen LogP) is 4.60. The van der Waals surface area contributed by atoms with E-state index in [0.29, 0.717) is 16.0 Å². The molecular formula is C21H21FN4O2S3. The summed E-state index contributed by atoms with van der Waals surface area (Å²) in [5.74, 6) is -0.308. The second-order valence-electron chi connectivity index (χ2n) is 7.29. The third-order valence-electron chi connectivity index (χ3n) is 5.24. The number of hydrogen-bond donors (Lipinski definition) is 2. The van der Waals surface area contributed by atoms with Crippen molar-refractivity contribution in [1.29, 1.82) is 0 Å². The van der Waals surface area contributed by atoms with Crippen LogP contribution >= 0.6 is 34.4 Å². The van der Waals surface area contributed by atoms with Crippen LogP contribution in [0.1, 0.15) is 36.1 Å². The number of nitrogens with one attached hydrogen (secondary N) is 2. The Morgan fingerprint density at radius 1 is 1.13 bits per heavy atom. The Morgan fingerprint density at radius 3 is 2.61 bits per heavy atom. The molecule has 3 aromatic rings. The molecule has 1 aliphatic rings. The monoisotopic (exact) mass is 476 g/mol. The first kappa shape index (κ1) is 21.9. The lowest BCUT2D eigenvalue weighted by molar-refractivity contribution is -0.121. The van der Waals surface area contributed by atoms with Crippen molar-refractivity contribution in [3.63, 3.8) is 0 Å². The molecule has 10 heteroatoms. The lowest BCUT2D eigenvalue weighted by Gasteiger charge is -2.25. The molecule has 0 radical (unpaired) electrons. The number of amides is 2. The first-order valence-electron chi connectivity index (χ1n) is 9.88. The van der Waals surface area contributed by atoms with Crippen molar-refractivity contribution in [1.82, 2.24) is 15.5 Å². The minimum Gasteiger partial charge on any atom is -0.351 e. The van der Waals surface area contributed by atoms with Gasteiger partial charge in [-0.3, -0.25) is 14.9 Å². The van der Waals surface area contributed by atoms with Gasteiger partial charge in [0.15, 0.2) is 4.34 Å². The molecule has 0 unspecified atom stereocenters. The van der Waals surface area contributed by atoms with Gasteiger partial charge in [0.1, 0.15) is 5.82 Å². The normalized spacial score (nSPS) is 15.0. The number of thioether (sulfide) groups is 1. The van der Waals surface area contributed by atoms with E-state index in [2.05, 4.69) is 20.8 Å². The van der Waals surface area contributed by atoms with Crippen LogP contribution < -0.4 is 10.6 Å². The average molecular weight is 477 g/mol. The van der Waals surface area contributed by atoms with Crippen LogP contribution in [0.25, 0.3) is 0 Å². The molecule has 2 amide bonds. The second kappa shape index (κ2) is 9.88. The maximum Gasteiger partial charge on any atom is 0.237 e. The highest BCUT2D eigenvalue weighted by atomic mass is 32.2. The predicted molar refractivity (Wildman–Crippen MR) is 122 cm³/mol. The van der Waals surface area contributed by atoms with E-state index >= 15 is 0 Å². The highest BCUT2D eigenvalue weighted by Crippen LogP contribution is 2.44. The first-order chi connectivity index (χ1) is 15.0. The molecule has 1 aliphatic carbocycles. The van der Waals surface area contributed by atoms with Gasteiger partial charge in [-0.2, -0.15) is 0 Å². The molecule has 0 bridgehead atoms. The van der Waals surface area contributed by atoms with Gasteiger partial charge in [-0.15, -0.1) is 21.5 Å². The number of rotatable bonds is 8. The third kappa shape index (κ3) is 5.31. The molecule has 4 rings (SSSR count). The summed E-state index contributed by atoms with van der Waals surface area (Å²) in [5.41, 5.74) is 0.347. The van der Waals surface area contributed by atoms with Gasteiger partial charge in [0.2, 0.25) is 16.9 Å². The number of thiophene rings is 1. The number of hydrogen-bond acceptors (Lipinski definition) is 7. The van der Waals surface area contributed by atoms with Crippen molar-refractivity contribution < 1.29 is 14.0 Å². The Labute approximate surface area is 191 Å². The van der Waals surface area contributed by atoms with Crippen LogP contribution in [-0.4, -0.2) is 27.8 Å². The molecule has 2 N–H and O–H groups in total. The van der Waals surface area contributed by atoms with E-state index in [0.717, 1.165) is 36.1 Å². The lowest BCUT2D eigenvalue weighted by Crippen LogP contribution is -2.37. The van der Waals surface area contributed by atoms with Crippen LogP contribution in [0.2, 0.25) is 0 Å². The van der Waals surface area contributed by atoms with Gasteiger partial charge in [-0.05, 0) is 42.0 Å². The molecule has 0 saturated heterocycles. The van der Waals surface area contributed by atoms with E-state index in [1.54, 1.807) is 23.5 Å². The minimum atomic E-state index is -0.479. The fourth-order valence-corrected chi connectivity index (χ4v) is 6.19. The maximum absolute atomic E-state index is 13.1. The van der Waals surface area contributed by atoms with Crippen molar-refractivity contribution in [2.24, 2.45) is 0 Å². The molecule has 0 atom stereocenters. The topological polar surface area (TPSA) is 84.0 Å². The van der Waals surface area contributed by atoms with Crippen LogP contribution in [0.3, 0.4) is 0 Å². The molecular weight excluding hydrogens is 455 g/mol. The van der Waals surface area contributed by atoms with Gasteiger partial charge in [0, 0.05) is 11.4 Å². The fourth-order valence-electron chi connectivity index (χ4n) is 3.63. The summed E-state index contributed by atoms with van der Waals surface area (Å²) in [6, 6.07) is 10.0. The van der Waals surface area contributed by atoms with E-state index in [-0.39, 0.29) is 23.4 Å². The van der Waals surface area contributed by atoms with Crippen LogP contribution in [0.5, 0.6) is 0 Å². The quantitative estimate of drug-likeness (QED) is 0.367. The Kier molecular flexibility index (Phi) is 6.99. The highest BCUT2D eigenvalue weighted by Gasteiger charge is 2.43. The number of aromatic nitrogens is 2. The van der Waals surface area contributed by atoms with Crippen LogP contribution in [-0.2, 0) is 21.5 Å². The molecule has 162 valence electrons. The summed E-state index contributed by atoms with van der Waals surface area (Å²) in [6.45, 7) is 0.335. The van der Waals surface area contributed by atoms with E-state index in [4.69, 9.17) is 0 Å². The third-order valence-corrected chi connectivity index (χ3v) is 8.29. The van der Waals surface area contributed by atoms with E-state index < -0.39 is 5.41 Å². The molecule has 1 saturated carbocycles. The zero-order valence-corrected chi connectivity index (χ0v) is 19.0. The summed E-state index contributed by atoms with van der Waals surface area (Å²) >= 11 is 4.15. The van der Waals surface area contributed by atoms with Gasteiger partial charge < -0.3 is 5.32 Å². The van der Waals surface area contributed by atoms with Crippen molar-refractivity contribution in [3.8, 4) is 0 Å². The maximum atomic E-state index is 13.1. The molecule has 6 nitrogen and oxygen atoms in total. The van der Waals surface area contributed by atoms with E-state index in [1.165, 1.54) is 35.2 Å². The molecule has 31 heavy (non-hydrogen) atoms. The summed E-state index contributed by atoms with van der Waals surface area (Å²) in [6.07, 6.45) is 3.76. The molecule has 0 spiro atoms. The first-order valence-corrected chi connectivity index (χ1v) is 12.6. The number of benzene rings is 1. The Bertz CT molecular complexity index is 1030. The van der Waals surface area contributed by atoms with Gasteiger partial charge in [-0.1, -0.05) is 54.1 Å². The molecule has 0 aliphatic heterocycles. The van der Waals surface area contributed by atoms with Gasteiger partial charge in [0.05, 0.1) is 11.2 Å². The van der Waals surface area contributed by atoms with Crippen LogP contribution in [0.15, 0.2) is 46.1 Å². The average Bonchev–Trinajstić information content (AvgIpc) is 3.53. The number of nitrogens with zero attached hydrogens (tertiary/aromatic N) is 2. The van der Waals surface area contributed by atoms with Crippen LogP contribution in [0, 0.1) is 5.82 Å². The van der Waals surface area contributed by atoms with Crippen molar-refractivity contribution >= 4 is 51.4 Å². The lowest BCUT2D eigenvalue weighted by atomic mass is 9.83. The molecule has 1 fully saturated rings. The van der Waals surface area contributed by atoms with Gasteiger partial charge in [-0.25, -0.2) is 4.39 Å². The number of anilines is 1. The van der Waals surface area contributed by atoms with Gasteiger partial charge >= 0.3 is 0 Å². The zero-order chi connectivity index (χ0) is 21.7. The Hall–Kier alpha value is -2.30. The molecule has 2 heterocycles. The number of halogens is 1. The largest absolute Gasteiger partial charge is 0.351 e. The fraction of sp³-hybridized carbons (Fsp3) is 0.333. The minimum absolute atomic E-state index is 0.0304. The smallest absolute Gasteiger partial charge is 0.237 e. The van der Waals surface area contributed by atoms with E-state index in [9.17, 15) is 14.0 Å². The zero-order valence-electron chi connectivity index (χ0n) is 16.6. The Balaban J connectivity index is 1.28. The molecule has 2 aromatic heterocycles. The van der Waals surface area contributed by atoms with Crippen molar-refractivity contribution in [3.05, 3.63) is 58.0 Å². The summed E-state index contributed by atoms with van der Waals surface area (Å²) in [5, 5.41) is 16.3. The Morgan fingerprint density at radius 2 is 1.90 bits per heavy atom. The summed E-state index contributed by atoms with van der Waals surface area (Å²) < 4.78 is 13.5. The van der Waals surface area contributed by atoms with E-state index in [1.807, 2.05) is 17.5 Å². The van der Waals surface area contributed by atoms with Crippen molar-refractivity contribution in [2.75, 3.05) is 11.1 Å². The van der Waals surface area contributed by atoms with Gasteiger partial charge in [0.25, 0.3) is 0 Å². The van der Waals surface area contributed by atoms with Crippen molar-refractivity contribution in [2.45, 2.75) is 42.0 Å². The number of carbonyl (C=O) groups is 2. The number of carbonyl (C=O) groups excluding carboxylic acids is 2. The SMILES string of the molecule is O=C(CSc1nnc(NC(=O)C2(c3cccs3)CCCC2)s1)NCc1ccc(F)cc1. The highest BCUT2D eigenvalue weighted by molar-refractivity contribution is 8.01. The molecule has 1 aromatic carbocycles. The standard InChI is InChI=1S/C21H21FN4O2S3/c22-15-7-5-14(6-8-15)12-23-17(27)13-30-20-26-25-19(31-20)24-18(28)21(9-1-2-10-21)16-4-3-11-29-16/h3-8,11H,1-2,9-10,12-13H2,(H,23,27)(H,24,25,28). The van der Waals surface area contributed by atoms with Crippen LogP contribution in [0.4, 0.5) is 9.52 Å². The summed E-state index contributed by atoms with van der Waals surface area (Å²) in [7, 11) is 0. The second-order valence-corrected chi connectivity index (χ2v) is 10.4.